The maximum absolute atomic E-state index is 8.78. The Kier molecular flexibility index (Phi) is 3.75. The fraction of sp³-hybridized carbons (Fsp3) is 0. The van der Waals surface area contributed by atoms with E-state index in [1.54, 1.807) is 30.3 Å². The fourth-order valence-electron chi connectivity index (χ4n) is 1.39. The molecule has 0 aromatic heterocycles. The maximum atomic E-state index is 8.78. The van der Waals surface area contributed by atoms with E-state index in [1.807, 2.05) is 12.1 Å². The van der Waals surface area contributed by atoms with Crippen LogP contribution >= 0.6 is 27.5 Å². The van der Waals surface area contributed by atoms with E-state index >= 15 is 0 Å². The number of hydrogen-bond acceptors (Lipinski definition) is 3. The Morgan fingerprint density at radius 3 is 2.61 bits per heavy atom. The largest absolute Gasteiger partial charge is 0.456 e. The van der Waals surface area contributed by atoms with Gasteiger partial charge in [-0.05, 0) is 30.3 Å². The first-order chi connectivity index (χ1) is 8.60. The molecule has 0 spiro atoms. The molecule has 2 N–H and O–H groups in total. The topological polar surface area (TPSA) is 59.0 Å². The minimum atomic E-state index is 0.378. The number of rotatable bonds is 2. The molecule has 0 aliphatic carbocycles. The van der Waals surface area contributed by atoms with Gasteiger partial charge in [-0.3, -0.25) is 0 Å². The summed E-state index contributed by atoms with van der Waals surface area (Å²) in [6.07, 6.45) is 0. The van der Waals surface area contributed by atoms with E-state index < -0.39 is 0 Å². The summed E-state index contributed by atoms with van der Waals surface area (Å²) >= 11 is 9.36. The summed E-state index contributed by atoms with van der Waals surface area (Å²) in [5.41, 5.74) is 6.50. The molecule has 0 fully saturated rings. The summed E-state index contributed by atoms with van der Waals surface area (Å²) in [4.78, 5) is 0. The lowest BCUT2D eigenvalue weighted by molar-refractivity contribution is 0.483. The zero-order chi connectivity index (χ0) is 13.1. The number of hydrogen-bond donors (Lipinski definition) is 1. The second kappa shape index (κ2) is 5.30. The predicted octanol–water partition coefficient (Wildman–Crippen LogP) is 4.35. The van der Waals surface area contributed by atoms with Gasteiger partial charge in [0.1, 0.15) is 17.6 Å². The van der Waals surface area contributed by atoms with Crippen LogP contribution in [0.5, 0.6) is 11.5 Å². The fourth-order valence-corrected chi connectivity index (χ4v) is 2.10. The number of halogens is 2. The van der Waals surface area contributed by atoms with Crippen molar-refractivity contribution >= 4 is 33.2 Å². The quantitative estimate of drug-likeness (QED) is 0.836. The Morgan fingerprint density at radius 2 is 2.00 bits per heavy atom. The number of nitrogen functional groups attached to an aromatic ring is 1. The van der Waals surface area contributed by atoms with Gasteiger partial charge in [-0.15, -0.1) is 0 Å². The van der Waals surface area contributed by atoms with Crippen LogP contribution in [0.15, 0.2) is 40.9 Å². The van der Waals surface area contributed by atoms with E-state index in [-0.39, 0.29) is 0 Å². The molecule has 0 unspecified atom stereocenters. The van der Waals surface area contributed by atoms with Crippen molar-refractivity contribution in [2.24, 2.45) is 0 Å². The first-order valence-electron chi connectivity index (χ1n) is 5.02. The van der Waals surface area contributed by atoms with E-state index in [0.717, 1.165) is 4.47 Å². The zero-order valence-corrected chi connectivity index (χ0v) is 11.5. The number of nitrogens with two attached hydrogens (primary N) is 1. The van der Waals surface area contributed by atoms with E-state index in [2.05, 4.69) is 15.9 Å². The second-order valence-electron chi connectivity index (χ2n) is 3.54. The molecule has 2 aromatic rings. The Bertz CT molecular complexity index is 637. The zero-order valence-electron chi connectivity index (χ0n) is 9.15. The first-order valence-corrected chi connectivity index (χ1v) is 6.20. The lowest BCUT2D eigenvalue weighted by Crippen LogP contribution is -1.92. The van der Waals surface area contributed by atoms with E-state index in [4.69, 9.17) is 27.3 Å². The number of anilines is 1. The van der Waals surface area contributed by atoms with Gasteiger partial charge in [0, 0.05) is 10.5 Å². The highest BCUT2D eigenvalue weighted by Gasteiger charge is 2.05. The van der Waals surface area contributed by atoms with Gasteiger partial charge < -0.3 is 10.5 Å². The highest BCUT2D eigenvalue weighted by Crippen LogP contribution is 2.32. The van der Waals surface area contributed by atoms with Crippen LogP contribution in [0, 0.1) is 11.3 Å². The van der Waals surface area contributed by atoms with Crippen molar-refractivity contribution in [3.8, 4) is 17.6 Å². The minimum absolute atomic E-state index is 0.378. The monoisotopic (exact) mass is 322 g/mol. The molecule has 0 radical (unpaired) electrons. The Labute approximate surface area is 118 Å². The van der Waals surface area contributed by atoms with Gasteiger partial charge in [-0.2, -0.15) is 5.26 Å². The molecule has 0 saturated heterocycles. The highest BCUT2D eigenvalue weighted by atomic mass is 79.9. The number of benzene rings is 2. The molecule has 0 bridgehead atoms. The molecule has 0 saturated carbocycles. The van der Waals surface area contributed by atoms with Crippen molar-refractivity contribution < 1.29 is 4.74 Å². The smallest absolute Gasteiger partial charge is 0.146 e. The van der Waals surface area contributed by atoms with Crippen LogP contribution in [0.1, 0.15) is 5.56 Å². The van der Waals surface area contributed by atoms with Crippen LogP contribution in [-0.4, -0.2) is 0 Å². The molecule has 0 heterocycles. The van der Waals surface area contributed by atoms with Gasteiger partial charge in [-0.1, -0.05) is 27.5 Å². The summed E-state index contributed by atoms with van der Waals surface area (Å²) in [6, 6.07) is 12.2. The van der Waals surface area contributed by atoms with Gasteiger partial charge in [0.05, 0.1) is 16.3 Å². The average molecular weight is 324 g/mol. The summed E-state index contributed by atoms with van der Waals surface area (Å²) in [6.45, 7) is 0. The molecular weight excluding hydrogens is 316 g/mol. The predicted molar refractivity (Wildman–Crippen MR) is 74.8 cm³/mol. The van der Waals surface area contributed by atoms with Crippen LogP contribution < -0.4 is 10.5 Å². The number of nitrogens with zero attached hydrogens (tertiary/aromatic N) is 1. The summed E-state index contributed by atoms with van der Waals surface area (Å²) < 4.78 is 6.48. The van der Waals surface area contributed by atoms with Crippen molar-refractivity contribution in [3.63, 3.8) is 0 Å². The lowest BCUT2D eigenvalue weighted by Gasteiger charge is -2.08. The van der Waals surface area contributed by atoms with Gasteiger partial charge >= 0.3 is 0 Å². The molecule has 90 valence electrons. The molecule has 0 aliphatic rings. The molecule has 2 rings (SSSR count). The van der Waals surface area contributed by atoms with Crippen LogP contribution in [-0.2, 0) is 0 Å². The molecule has 0 aliphatic heterocycles. The molecule has 18 heavy (non-hydrogen) atoms. The van der Waals surface area contributed by atoms with Crippen LogP contribution in [0.2, 0.25) is 5.02 Å². The Balaban J connectivity index is 2.29. The van der Waals surface area contributed by atoms with E-state index in [1.165, 1.54) is 0 Å². The van der Waals surface area contributed by atoms with Crippen molar-refractivity contribution in [1.29, 1.82) is 5.26 Å². The Morgan fingerprint density at radius 1 is 1.22 bits per heavy atom. The molecule has 2 aromatic carbocycles. The third-order valence-electron chi connectivity index (χ3n) is 2.27. The SMILES string of the molecule is N#Cc1ccc(Oc2ccc(Br)cc2Cl)cc1N. The summed E-state index contributed by atoms with van der Waals surface area (Å²) in [5.74, 6) is 1.07. The Hall–Kier alpha value is -1.70. The molecule has 3 nitrogen and oxygen atoms in total. The van der Waals surface area contributed by atoms with Gasteiger partial charge in [-0.25, -0.2) is 0 Å². The van der Waals surface area contributed by atoms with Crippen LogP contribution in [0.4, 0.5) is 5.69 Å². The standard InChI is InChI=1S/C13H8BrClN2O/c14-9-2-4-13(11(15)5-9)18-10-3-1-8(7-16)12(17)6-10/h1-6H,17H2. The van der Waals surface area contributed by atoms with E-state index in [0.29, 0.717) is 27.8 Å². The minimum Gasteiger partial charge on any atom is -0.456 e. The highest BCUT2D eigenvalue weighted by molar-refractivity contribution is 9.10. The maximum Gasteiger partial charge on any atom is 0.146 e. The second-order valence-corrected chi connectivity index (χ2v) is 4.86. The lowest BCUT2D eigenvalue weighted by atomic mass is 10.2. The van der Waals surface area contributed by atoms with Crippen molar-refractivity contribution in [2.45, 2.75) is 0 Å². The van der Waals surface area contributed by atoms with Crippen LogP contribution in [0.25, 0.3) is 0 Å². The van der Waals surface area contributed by atoms with Gasteiger partial charge in [0.2, 0.25) is 0 Å². The summed E-state index contributed by atoms with van der Waals surface area (Å²) in [7, 11) is 0. The van der Waals surface area contributed by atoms with Gasteiger partial charge in [0.25, 0.3) is 0 Å². The molecule has 5 heteroatoms. The molecule has 0 amide bonds. The molecular formula is C13H8BrClN2O. The van der Waals surface area contributed by atoms with E-state index in [9.17, 15) is 0 Å². The number of ether oxygens (including phenoxy) is 1. The van der Waals surface area contributed by atoms with Gasteiger partial charge in [0.15, 0.2) is 0 Å². The number of nitriles is 1. The molecule has 0 atom stereocenters. The third kappa shape index (κ3) is 2.76. The summed E-state index contributed by atoms with van der Waals surface area (Å²) in [5, 5.41) is 9.27. The normalized spacial score (nSPS) is 9.83. The van der Waals surface area contributed by atoms with Crippen LogP contribution in [0.3, 0.4) is 0 Å². The average Bonchev–Trinajstić information content (AvgIpc) is 2.33. The van der Waals surface area contributed by atoms with Crippen molar-refractivity contribution in [2.75, 3.05) is 5.73 Å². The first kappa shape index (κ1) is 12.7. The third-order valence-corrected chi connectivity index (χ3v) is 3.05. The van der Waals surface area contributed by atoms with Crippen molar-refractivity contribution in [1.82, 2.24) is 0 Å². The van der Waals surface area contributed by atoms with Crippen molar-refractivity contribution in [3.05, 3.63) is 51.5 Å².